The second-order valence-corrected chi connectivity index (χ2v) is 5.76. The van der Waals surface area contributed by atoms with Crippen LogP contribution in [0, 0.1) is 0 Å². The summed E-state index contributed by atoms with van der Waals surface area (Å²) < 4.78 is 10.2. The Morgan fingerprint density at radius 3 is 2.54 bits per heavy atom. The third kappa shape index (κ3) is 4.35. The normalized spacial score (nSPS) is 10.2. The van der Waals surface area contributed by atoms with Crippen molar-refractivity contribution < 1.29 is 14.3 Å². The van der Waals surface area contributed by atoms with Crippen molar-refractivity contribution in [2.45, 2.75) is 6.92 Å². The molecule has 0 aliphatic carbocycles. The first-order chi connectivity index (χ1) is 13.6. The highest BCUT2D eigenvalue weighted by atomic mass is 16.5. The van der Waals surface area contributed by atoms with Crippen molar-refractivity contribution in [3.63, 3.8) is 0 Å². The second-order valence-electron chi connectivity index (χ2n) is 5.76. The fraction of sp³-hybridized carbons (Fsp3) is 0.200. The zero-order chi connectivity index (χ0) is 19.9. The molecule has 2 aromatic heterocycles. The van der Waals surface area contributed by atoms with Gasteiger partial charge in [0.15, 0.2) is 0 Å². The van der Waals surface area contributed by atoms with Crippen LogP contribution in [-0.2, 0) is 4.74 Å². The van der Waals surface area contributed by atoms with Crippen LogP contribution < -0.4 is 15.4 Å². The molecule has 0 bridgehead atoms. The van der Waals surface area contributed by atoms with Gasteiger partial charge in [0.25, 0.3) is 0 Å². The van der Waals surface area contributed by atoms with Gasteiger partial charge in [-0.05, 0) is 37.3 Å². The summed E-state index contributed by atoms with van der Waals surface area (Å²) in [6.45, 7) is 2.65. The lowest BCUT2D eigenvalue weighted by atomic mass is 10.1. The molecule has 2 heterocycles. The first-order valence-corrected chi connectivity index (χ1v) is 8.71. The molecule has 1 aromatic carbocycles. The number of rotatable bonds is 7. The first-order valence-electron chi connectivity index (χ1n) is 8.71. The summed E-state index contributed by atoms with van der Waals surface area (Å²) in [4.78, 5) is 24.9. The minimum atomic E-state index is -0.431. The van der Waals surface area contributed by atoms with Crippen molar-refractivity contribution in [3.05, 3.63) is 54.4 Å². The Kier molecular flexibility index (Phi) is 6.01. The Morgan fingerprint density at radius 1 is 1.07 bits per heavy atom. The van der Waals surface area contributed by atoms with E-state index in [9.17, 15) is 4.79 Å². The van der Waals surface area contributed by atoms with Crippen LogP contribution in [0.15, 0.2) is 48.8 Å². The van der Waals surface area contributed by atoms with E-state index in [4.69, 9.17) is 9.47 Å². The highest BCUT2D eigenvalue weighted by molar-refractivity contribution is 5.91. The average molecular weight is 379 g/mol. The maximum Gasteiger partial charge on any atom is 0.337 e. The Labute approximate surface area is 163 Å². The molecule has 0 aliphatic heterocycles. The smallest absolute Gasteiger partial charge is 0.337 e. The van der Waals surface area contributed by atoms with E-state index in [1.54, 1.807) is 37.7 Å². The molecular formula is C20H21N5O3. The predicted octanol–water partition coefficient (Wildman–Crippen LogP) is 3.51. The summed E-state index contributed by atoms with van der Waals surface area (Å²) in [7, 11) is 2.90. The van der Waals surface area contributed by atoms with Crippen molar-refractivity contribution in [2.75, 3.05) is 31.4 Å². The number of ether oxygens (including phenoxy) is 2. The molecule has 0 radical (unpaired) electrons. The van der Waals surface area contributed by atoms with Crippen LogP contribution in [0.4, 0.5) is 17.5 Å². The topological polar surface area (TPSA) is 98.3 Å². The van der Waals surface area contributed by atoms with Crippen LogP contribution in [0.25, 0.3) is 11.3 Å². The fourth-order valence-corrected chi connectivity index (χ4v) is 2.61. The van der Waals surface area contributed by atoms with Crippen molar-refractivity contribution in [1.82, 2.24) is 15.0 Å². The van der Waals surface area contributed by atoms with Gasteiger partial charge in [-0.15, -0.1) is 0 Å². The van der Waals surface area contributed by atoms with Crippen LogP contribution >= 0.6 is 0 Å². The highest BCUT2D eigenvalue weighted by Crippen LogP contribution is 2.30. The van der Waals surface area contributed by atoms with E-state index in [1.807, 2.05) is 25.1 Å². The van der Waals surface area contributed by atoms with Gasteiger partial charge in [-0.2, -0.15) is 4.98 Å². The van der Waals surface area contributed by atoms with E-state index in [-0.39, 0.29) is 0 Å². The molecule has 0 atom stereocenters. The molecule has 0 amide bonds. The van der Waals surface area contributed by atoms with Gasteiger partial charge in [-0.1, -0.05) is 0 Å². The number of aromatic nitrogens is 3. The molecule has 0 saturated heterocycles. The van der Waals surface area contributed by atoms with Gasteiger partial charge in [0.05, 0.1) is 31.2 Å². The molecule has 0 saturated carbocycles. The lowest BCUT2D eigenvalue weighted by Gasteiger charge is -2.14. The summed E-state index contributed by atoms with van der Waals surface area (Å²) in [5.41, 5.74) is 2.64. The number of nitrogens with zero attached hydrogens (tertiary/aromatic N) is 3. The molecule has 8 nitrogen and oxygen atoms in total. The number of carbonyl (C=O) groups excluding carboxylic acids is 1. The van der Waals surface area contributed by atoms with E-state index in [0.29, 0.717) is 35.3 Å². The Hall–Kier alpha value is -3.68. The third-order valence-electron chi connectivity index (χ3n) is 3.92. The van der Waals surface area contributed by atoms with Crippen molar-refractivity contribution >= 4 is 23.4 Å². The van der Waals surface area contributed by atoms with Crippen molar-refractivity contribution in [3.8, 4) is 17.0 Å². The molecule has 0 aliphatic rings. The number of carbonyl (C=O) groups is 1. The number of hydrogen-bond acceptors (Lipinski definition) is 8. The number of esters is 1. The molecule has 3 aromatic rings. The monoisotopic (exact) mass is 379 g/mol. The summed E-state index contributed by atoms with van der Waals surface area (Å²) in [6, 6.07) is 10.6. The Balaban J connectivity index is 2.01. The van der Waals surface area contributed by atoms with Gasteiger partial charge >= 0.3 is 5.97 Å². The molecule has 0 fully saturated rings. The average Bonchev–Trinajstić information content (AvgIpc) is 2.74. The summed E-state index contributed by atoms with van der Waals surface area (Å²) in [5.74, 6) is 1.18. The standard InChI is InChI=1S/C20H21N5O3/c1-4-22-20-24-15(13-7-9-21-10-8-13)12-18(25-20)23-16-11-14(19(26)28-3)5-6-17(16)27-2/h5-12H,4H2,1-3H3,(H2,22,23,24,25). The fourth-order valence-electron chi connectivity index (χ4n) is 2.61. The highest BCUT2D eigenvalue weighted by Gasteiger charge is 2.13. The Bertz CT molecular complexity index is 963. The molecule has 3 rings (SSSR count). The molecule has 144 valence electrons. The van der Waals surface area contributed by atoms with Gasteiger partial charge in [-0.3, -0.25) is 4.98 Å². The molecule has 2 N–H and O–H groups in total. The first kappa shape index (κ1) is 19.1. The number of benzene rings is 1. The SMILES string of the molecule is CCNc1nc(Nc2cc(C(=O)OC)ccc2OC)cc(-c2ccncc2)n1. The number of pyridine rings is 1. The summed E-state index contributed by atoms with van der Waals surface area (Å²) in [5, 5.41) is 6.34. The molecular weight excluding hydrogens is 358 g/mol. The van der Waals surface area contributed by atoms with Crippen molar-refractivity contribution in [2.24, 2.45) is 0 Å². The second kappa shape index (κ2) is 8.81. The van der Waals surface area contributed by atoms with Gasteiger partial charge in [0.2, 0.25) is 5.95 Å². The lowest BCUT2D eigenvalue weighted by molar-refractivity contribution is 0.0600. The Morgan fingerprint density at radius 2 is 1.86 bits per heavy atom. The van der Waals surface area contributed by atoms with Crippen LogP contribution in [0.1, 0.15) is 17.3 Å². The minimum Gasteiger partial charge on any atom is -0.495 e. The largest absolute Gasteiger partial charge is 0.495 e. The number of hydrogen-bond donors (Lipinski definition) is 2. The zero-order valence-corrected chi connectivity index (χ0v) is 15.9. The quantitative estimate of drug-likeness (QED) is 0.602. The van der Waals surface area contributed by atoms with E-state index in [1.165, 1.54) is 7.11 Å². The molecule has 28 heavy (non-hydrogen) atoms. The van der Waals surface area contributed by atoms with Gasteiger partial charge in [0.1, 0.15) is 11.6 Å². The van der Waals surface area contributed by atoms with Gasteiger partial charge in [0, 0.05) is 30.6 Å². The van der Waals surface area contributed by atoms with E-state index >= 15 is 0 Å². The van der Waals surface area contributed by atoms with E-state index in [0.717, 1.165) is 11.3 Å². The van der Waals surface area contributed by atoms with Crippen LogP contribution in [0.3, 0.4) is 0 Å². The number of methoxy groups -OCH3 is 2. The van der Waals surface area contributed by atoms with Gasteiger partial charge in [-0.25, -0.2) is 9.78 Å². The maximum absolute atomic E-state index is 11.9. The van der Waals surface area contributed by atoms with Crippen molar-refractivity contribution in [1.29, 1.82) is 0 Å². The lowest BCUT2D eigenvalue weighted by Crippen LogP contribution is -2.07. The zero-order valence-electron chi connectivity index (χ0n) is 15.9. The molecule has 0 unspecified atom stereocenters. The van der Waals surface area contributed by atoms with E-state index < -0.39 is 5.97 Å². The summed E-state index contributed by atoms with van der Waals surface area (Å²) in [6.07, 6.45) is 3.42. The van der Waals surface area contributed by atoms with Crippen LogP contribution in [0.5, 0.6) is 5.75 Å². The third-order valence-corrected chi connectivity index (χ3v) is 3.92. The molecule has 8 heteroatoms. The molecule has 0 spiro atoms. The van der Waals surface area contributed by atoms with Crippen LogP contribution in [-0.4, -0.2) is 41.7 Å². The number of nitrogens with one attached hydrogen (secondary N) is 2. The number of anilines is 3. The minimum absolute atomic E-state index is 0.404. The van der Waals surface area contributed by atoms with Crippen LogP contribution in [0.2, 0.25) is 0 Å². The predicted molar refractivity (Wildman–Crippen MR) is 107 cm³/mol. The van der Waals surface area contributed by atoms with Gasteiger partial charge < -0.3 is 20.1 Å². The van der Waals surface area contributed by atoms with E-state index in [2.05, 4.69) is 25.6 Å². The maximum atomic E-state index is 11.9. The summed E-state index contributed by atoms with van der Waals surface area (Å²) >= 11 is 0.